The number of nitrogens with one attached hydrogen (secondary N) is 1. The highest BCUT2D eigenvalue weighted by Crippen LogP contribution is 2.29. The van der Waals surface area contributed by atoms with Gasteiger partial charge < -0.3 is 15.6 Å². The summed E-state index contributed by atoms with van der Waals surface area (Å²) in [4.78, 5) is 11.6. The smallest absolute Gasteiger partial charge is 0.236 e. The lowest BCUT2D eigenvalue weighted by atomic mass is 10.1. The van der Waals surface area contributed by atoms with E-state index in [2.05, 4.69) is 59.3 Å². The summed E-state index contributed by atoms with van der Waals surface area (Å²) in [6.07, 6.45) is 0. The average molecular weight is 295 g/mol. The van der Waals surface area contributed by atoms with E-state index >= 15 is 0 Å². The fraction of sp³-hybridized carbons (Fsp3) is 0.278. The minimum atomic E-state index is -0.481. The van der Waals surface area contributed by atoms with Gasteiger partial charge in [-0.2, -0.15) is 0 Å². The van der Waals surface area contributed by atoms with E-state index in [9.17, 15) is 4.79 Å². The Morgan fingerprint density at radius 2 is 1.91 bits per heavy atom. The molecule has 3 aromatic rings. The van der Waals surface area contributed by atoms with Crippen LogP contribution in [-0.4, -0.2) is 16.5 Å². The molecule has 1 amide bonds. The normalized spacial score (nSPS) is 12.7. The van der Waals surface area contributed by atoms with Crippen molar-refractivity contribution in [1.29, 1.82) is 0 Å². The van der Waals surface area contributed by atoms with Gasteiger partial charge in [0.2, 0.25) is 5.91 Å². The molecular weight excluding hydrogens is 274 g/mol. The molecule has 4 heteroatoms. The number of aromatic nitrogens is 1. The van der Waals surface area contributed by atoms with Crippen LogP contribution in [0.5, 0.6) is 0 Å². The molecule has 1 atom stereocenters. The van der Waals surface area contributed by atoms with Crippen LogP contribution >= 0.6 is 0 Å². The van der Waals surface area contributed by atoms with Crippen LogP contribution in [0.1, 0.15) is 19.4 Å². The highest BCUT2D eigenvalue weighted by atomic mass is 16.2. The maximum absolute atomic E-state index is 11.6. The van der Waals surface area contributed by atoms with Crippen LogP contribution < -0.4 is 11.1 Å². The Labute approximate surface area is 129 Å². The van der Waals surface area contributed by atoms with Crippen LogP contribution in [0.2, 0.25) is 0 Å². The fourth-order valence-electron chi connectivity index (χ4n) is 2.90. The maximum Gasteiger partial charge on any atom is 0.236 e. The molecule has 3 N–H and O–H groups in total. The highest BCUT2D eigenvalue weighted by molar-refractivity contribution is 6.08. The largest absolute Gasteiger partial charge is 0.351 e. The molecular formula is C18H21N3O. The Kier molecular flexibility index (Phi) is 3.86. The van der Waals surface area contributed by atoms with Crippen LogP contribution in [0.25, 0.3) is 21.8 Å². The Morgan fingerprint density at radius 1 is 1.18 bits per heavy atom. The number of amides is 1. The second kappa shape index (κ2) is 5.81. The molecule has 0 saturated heterocycles. The van der Waals surface area contributed by atoms with Crippen LogP contribution in [0.4, 0.5) is 0 Å². The number of para-hydroxylation sites is 1. The minimum Gasteiger partial charge on any atom is -0.351 e. The molecule has 0 aliphatic heterocycles. The first-order valence-corrected chi connectivity index (χ1v) is 7.65. The maximum atomic E-state index is 11.6. The second-order valence-corrected chi connectivity index (χ2v) is 5.62. The molecule has 1 heterocycles. The fourth-order valence-corrected chi connectivity index (χ4v) is 2.90. The van der Waals surface area contributed by atoms with E-state index in [-0.39, 0.29) is 5.91 Å². The highest BCUT2D eigenvalue weighted by Gasteiger charge is 2.10. The number of hydrogen-bond acceptors (Lipinski definition) is 2. The predicted octanol–water partition coefficient (Wildman–Crippen LogP) is 2.78. The topological polar surface area (TPSA) is 60.0 Å². The van der Waals surface area contributed by atoms with Crippen LogP contribution in [0, 0.1) is 0 Å². The van der Waals surface area contributed by atoms with E-state index < -0.39 is 6.04 Å². The molecule has 0 fully saturated rings. The molecule has 0 aliphatic carbocycles. The Morgan fingerprint density at radius 3 is 2.64 bits per heavy atom. The quantitative estimate of drug-likeness (QED) is 0.777. The number of benzene rings is 2. The summed E-state index contributed by atoms with van der Waals surface area (Å²) in [5.74, 6) is -0.129. The van der Waals surface area contributed by atoms with Gasteiger partial charge in [0, 0.05) is 34.9 Å². The zero-order valence-corrected chi connectivity index (χ0v) is 13.0. The van der Waals surface area contributed by atoms with Crippen molar-refractivity contribution in [3.63, 3.8) is 0 Å². The molecule has 0 bridgehead atoms. The number of fused-ring (bicyclic) bond motifs is 3. The molecule has 4 nitrogen and oxygen atoms in total. The number of aryl methyl sites for hydroxylation is 1. The van der Waals surface area contributed by atoms with Gasteiger partial charge in [-0.25, -0.2) is 0 Å². The number of nitrogens with two attached hydrogens (primary N) is 1. The van der Waals surface area contributed by atoms with E-state index in [1.807, 2.05) is 0 Å². The molecule has 1 aromatic heterocycles. The summed E-state index contributed by atoms with van der Waals surface area (Å²) in [7, 11) is 0. The summed E-state index contributed by atoms with van der Waals surface area (Å²) in [5, 5.41) is 5.34. The summed E-state index contributed by atoms with van der Waals surface area (Å²) >= 11 is 0. The van der Waals surface area contributed by atoms with Crippen molar-refractivity contribution >= 4 is 27.7 Å². The molecule has 3 rings (SSSR count). The first kappa shape index (κ1) is 14.6. The van der Waals surface area contributed by atoms with Gasteiger partial charge in [0.05, 0.1) is 6.04 Å². The average Bonchev–Trinajstić information content (AvgIpc) is 2.85. The Bertz CT molecular complexity index is 833. The van der Waals surface area contributed by atoms with E-state index in [1.54, 1.807) is 6.92 Å². The summed E-state index contributed by atoms with van der Waals surface area (Å²) in [5.41, 5.74) is 9.13. The molecule has 0 radical (unpaired) electrons. The lowest BCUT2D eigenvalue weighted by Crippen LogP contribution is -2.37. The van der Waals surface area contributed by atoms with Gasteiger partial charge >= 0.3 is 0 Å². The standard InChI is InChI=1S/C18H21N3O/c1-3-21-16-7-5-4-6-14(16)15-10-13(8-9-17(15)21)11-20-18(22)12(2)19/h4-10,12H,3,11,19H2,1-2H3,(H,20,22)/t12-/m0/s1. The van der Waals surface area contributed by atoms with E-state index in [0.29, 0.717) is 6.54 Å². The zero-order valence-electron chi connectivity index (χ0n) is 13.0. The van der Waals surface area contributed by atoms with Gasteiger partial charge in [0.15, 0.2) is 0 Å². The van der Waals surface area contributed by atoms with Crippen molar-refractivity contribution in [3.05, 3.63) is 48.0 Å². The first-order chi connectivity index (χ1) is 10.6. The minimum absolute atomic E-state index is 0.129. The lowest BCUT2D eigenvalue weighted by molar-refractivity contribution is -0.122. The molecule has 2 aromatic carbocycles. The van der Waals surface area contributed by atoms with E-state index in [4.69, 9.17) is 5.73 Å². The van der Waals surface area contributed by atoms with Gasteiger partial charge in [0.25, 0.3) is 0 Å². The third kappa shape index (κ3) is 2.46. The predicted molar refractivity (Wildman–Crippen MR) is 90.6 cm³/mol. The summed E-state index contributed by atoms with van der Waals surface area (Å²) < 4.78 is 2.31. The van der Waals surface area contributed by atoms with Gasteiger partial charge in [-0.1, -0.05) is 24.3 Å². The molecule has 0 spiro atoms. The van der Waals surface area contributed by atoms with Crippen molar-refractivity contribution in [3.8, 4) is 0 Å². The van der Waals surface area contributed by atoms with E-state index in [0.717, 1.165) is 12.1 Å². The van der Waals surface area contributed by atoms with Crippen LogP contribution in [0.15, 0.2) is 42.5 Å². The van der Waals surface area contributed by atoms with Crippen molar-refractivity contribution in [2.24, 2.45) is 5.73 Å². The Hall–Kier alpha value is -2.33. The monoisotopic (exact) mass is 295 g/mol. The number of hydrogen-bond donors (Lipinski definition) is 2. The van der Waals surface area contributed by atoms with Gasteiger partial charge in [0.1, 0.15) is 0 Å². The number of carbonyl (C=O) groups is 1. The molecule has 0 aliphatic rings. The molecule has 0 saturated carbocycles. The lowest BCUT2D eigenvalue weighted by Gasteiger charge is -2.08. The summed E-state index contributed by atoms with van der Waals surface area (Å²) in [6, 6.07) is 14.3. The van der Waals surface area contributed by atoms with Crippen molar-refractivity contribution in [2.75, 3.05) is 0 Å². The second-order valence-electron chi connectivity index (χ2n) is 5.62. The number of rotatable bonds is 4. The molecule has 0 unspecified atom stereocenters. The third-order valence-electron chi connectivity index (χ3n) is 4.03. The van der Waals surface area contributed by atoms with E-state index in [1.165, 1.54) is 21.8 Å². The SMILES string of the molecule is CCn1c2ccccc2c2cc(CNC(=O)[C@H](C)N)ccc21. The van der Waals surface area contributed by atoms with Crippen molar-refractivity contribution < 1.29 is 4.79 Å². The van der Waals surface area contributed by atoms with Crippen LogP contribution in [-0.2, 0) is 17.9 Å². The first-order valence-electron chi connectivity index (χ1n) is 7.65. The molecule has 22 heavy (non-hydrogen) atoms. The van der Waals surface area contributed by atoms with Crippen LogP contribution in [0.3, 0.4) is 0 Å². The third-order valence-corrected chi connectivity index (χ3v) is 4.03. The van der Waals surface area contributed by atoms with Crippen molar-refractivity contribution in [2.45, 2.75) is 33.0 Å². The van der Waals surface area contributed by atoms with Gasteiger partial charge in [-0.15, -0.1) is 0 Å². The Balaban J connectivity index is 2.02. The van der Waals surface area contributed by atoms with Gasteiger partial charge in [-0.3, -0.25) is 4.79 Å². The number of nitrogens with zero attached hydrogens (tertiary/aromatic N) is 1. The summed E-state index contributed by atoms with van der Waals surface area (Å²) in [6.45, 7) is 5.28. The van der Waals surface area contributed by atoms with Gasteiger partial charge in [-0.05, 0) is 37.6 Å². The molecule has 114 valence electrons. The number of carbonyl (C=O) groups excluding carboxylic acids is 1. The zero-order chi connectivity index (χ0) is 15.7. The van der Waals surface area contributed by atoms with Crippen molar-refractivity contribution in [1.82, 2.24) is 9.88 Å².